The molecule has 1 amide bonds. The summed E-state index contributed by atoms with van der Waals surface area (Å²) in [6.45, 7) is 1.03. The third-order valence-corrected chi connectivity index (χ3v) is 7.82. The van der Waals surface area contributed by atoms with Gasteiger partial charge in [-0.3, -0.25) is 4.79 Å². The number of hydrogen-bond donors (Lipinski definition) is 3. The maximum absolute atomic E-state index is 12.7. The average molecular weight is 596 g/mol. The monoisotopic (exact) mass is 595 g/mol. The van der Waals surface area contributed by atoms with Gasteiger partial charge in [-0.2, -0.15) is 5.10 Å². The van der Waals surface area contributed by atoms with Crippen molar-refractivity contribution in [3.05, 3.63) is 144 Å². The number of amides is 1. The predicted molar refractivity (Wildman–Crippen MR) is 167 cm³/mol. The fourth-order valence-corrected chi connectivity index (χ4v) is 5.26. The number of rotatable bonds is 12. The molecule has 0 bridgehead atoms. The van der Waals surface area contributed by atoms with E-state index in [2.05, 4.69) is 10.7 Å². The number of nitrogens with two attached hydrogens (primary N) is 1. The largest absolute Gasteiger partial charge is 0.367 e. The van der Waals surface area contributed by atoms with E-state index in [9.17, 15) is 13.2 Å². The van der Waals surface area contributed by atoms with Crippen LogP contribution in [-0.2, 0) is 14.8 Å². The zero-order valence-electron chi connectivity index (χ0n) is 23.4. The fourth-order valence-electron chi connectivity index (χ4n) is 4.75. The van der Waals surface area contributed by atoms with Crippen LogP contribution < -0.4 is 15.9 Å². The lowest BCUT2D eigenvalue weighted by molar-refractivity contribution is -0.0187. The minimum Gasteiger partial charge on any atom is -0.367 e. The number of carbonyl (C=O) groups is 1. The summed E-state index contributed by atoms with van der Waals surface area (Å²) in [6, 6.07) is 35.3. The van der Waals surface area contributed by atoms with Crippen molar-refractivity contribution in [2.75, 3.05) is 19.7 Å². The number of carbonyl (C=O) groups excluding carboxylic acids is 1. The molecule has 4 N–H and O–H groups in total. The number of nitrogens with zero attached hydrogens (tertiary/aromatic N) is 2. The lowest BCUT2D eigenvalue weighted by Crippen LogP contribution is -2.37. The van der Waals surface area contributed by atoms with E-state index < -0.39 is 10.0 Å². The summed E-state index contributed by atoms with van der Waals surface area (Å²) in [5, 5.41) is 14.6. The molecule has 1 heterocycles. The molecule has 4 aromatic carbocycles. The van der Waals surface area contributed by atoms with Crippen molar-refractivity contribution in [1.29, 1.82) is 0 Å². The molecule has 0 saturated carbocycles. The van der Waals surface area contributed by atoms with Gasteiger partial charge in [0.05, 0.1) is 30.3 Å². The quantitative estimate of drug-likeness (QED) is 0.222. The van der Waals surface area contributed by atoms with Gasteiger partial charge in [0.1, 0.15) is 12.1 Å². The van der Waals surface area contributed by atoms with Crippen LogP contribution in [0.5, 0.6) is 0 Å². The molecule has 10 heteroatoms. The van der Waals surface area contributed by atoms with E-state index in [-0.39, 0.29) is 29.5 Å². The Morgan fingerprint density at radius 3 is 2.14 bits per heavy atom. The van der Waals surface area contributed by atoms with Crippen molar-refractivity contribution in [3.63, 3.8) is 0 Å². The molecule has 220 valence electrons. The van der Waals surface area contributed by atoms with Crippen LogP contribution in [-0.4, -0.2) is 44.9 Å². The molecular formula is C33H33N5O4S. The highest BCUT2D eigenvalue weighted by Crippen LogP contribution is 2.37. The minimum absolute atomic E-state index is 0.0539. The van der Waals surface area contributed by atoms with E-state index >= 15 is 0 Å². The first-order valence-electron chi connectivity index (χ1n) is 13.8. The molecule has 0 radical (unpaired) electrons. The van der Waals surface area contributed by atoms with E-state index in [4.69, 9.17) is 15.0 Å². The van der Waals surface area contributed by atoms with Crippen molar-refractivity contribution in [3.8, 4) is 0 Å². The van der Waals surface area contributed by atoms with Gasteiger partial charge in [-0.1, -0.05) is 103 Å². The number of nitrogens with one attached hydrogen (secondary N) is 2. The van der Waals surface area contributed by atoms with E-state index in [0.717, 1.165) is 22.4 Å². The van der Waals surface area contributed by atoms with Crippen LogP contribution in [0.1, 0.15) is 39.2 Å². The Morgan fingerprint density at radius 2 is 1.51 bits per heavy atom. The number of hydrazine groups is 1. The topological polar surface area (TPSA) is 126 Å². The van der Waals surface area contributed by atoms with Crippen LogP contribution in [0.15, 0.2) is 131 Å². The van der Waals surface area contributed by atoms with Gasteiger partial charge in [-0.25, -0.2) is 24.1 Å². The summed E-state index contributed by atoms with van der Waals surface area (Å²) in [4.78, 5) is 12.7. The van der Waals surface area contributed by atoms with Crippen LogP contribution in [0.2, 0.25) is 0 Å². The first kappa shape index (κ1) is 29.9. The van der Waals surface area contributed by atoms with Gasteiger partial charge < -0.3 is 10.1 Å². The molecule has 2 atom stereocenters. The Balaban J connectivity index is 1.33. The van der Waals surface area contributed by atoms with Gasteiger partial charge in [0.2, 0.25) is 10.0 Å². The van der Waals surface area contributed by atoms with Gasteiger partial charge in [-0.05, 0) is 41.0 Å². The molecule has 0 saturated heterocycles. The molecule has 9 nitrogen and oxygen atoms in total. The van der Waals surface area contributed by atoms with Crippen molar-refractivity contribution in [1.82, 2.24) is 15.9 Å². The minimum atomic E-state index is -3.83. The first-order valence-corrected chi connectivity index (χ1v) is 15.4. The first-order chi connectivity index (χ1) is 20.9. The Kier molecular flexibility index (Phi) is 9.75. The number of hydrazone groups is 1. The smallest absolute Gasteiger partial charge is 0.251 e. The zero-order valence-corrected chi connectivity index (χ0v) is 24.2. The second-order valence-electron chi connectivity index (χ2n) is 9.93. The normalized spacial score (nSPS) is 14.8. The van der Waals surface area contributed by atoms with Gasteiger partial charge in [0.25, 0.3) is 5.91 Å². The van der Waals surface area contributed by atoms with E-state index in [1.807, 2.05) is 103 Å². The lowest BCUT2D eigenvalue weighted by atomic mass is 9.95. The van der Waals surface area contributed by atoms with E-state index in [1.54, 1.807) is 5.12 Å². The molecule has 0 spiro atoms. The second kappa shape index (κ2) is 14.0. The second-order valence-corrected chi connectivity index (χ2v) is 11.5. The van der Waals surface area contributed by atoms with E-state index in [0.29, 0.717) is 18.7 Å². The van der Waals surface area contributed by atoms with E-state index in [1.165, 1.54) is 24.3 Å². The highest BCUT2D eigenvalue weighted by Gasteiger charge is 2.33. The zero-order chi connectivity index (χ0) is 30.1. The SMILES string of the molecule is NS(=O)(=O)c1ccc(C(=O)NCC2=NN([C@@H](c3ccccc3)[C@@H](OCC=Cc3ccccc3)c3ccccc3)NC2)cc1. The van der Waals surface area contributed by atoms with Gasteiger partial charge in [0, 0.05) is 5.56 Å². The Bertz CT molecular complexity index is 1660. The van der Waals surface area contributed by atoms with Gasteiger partial charge in [-0.15, -0.1) is 0 Å². The number of sulfonamides is 1. The molecule has 4 aromatic rings. The molecule has 1 aliphatic heterocycles. The molecule has 5 rings (SSSR count). The summed E-state index contributed by atoms with van der Waals surface area (Å²) in [6.07, 6.45) is 3.67. The summed E-state index contributed by atoms with van der Waals surface area (Å²) >= 11 is 0. The highest BCUT2D eigenvalue weighted by atomic mass is 32.2. The maximum Gasteiger partial charge on any atom is 0.251 e. The van der Waals surface area contributed by atoms with Crippen LogP contribution in [0.25, 0.3) is 6.08 Å². The third-order valence-electron chi connectivity index (χ3n) is 6.89. The van der Waals surface area contributed by atoms with Crippen molar-refractivity contribution in [2.24, 2.45) is 10.2 Å². The number of hydrogen-bond acceptors (Lipinski definition) is 7. The van der Waals surface area contributed by atoms with Crippen molar-refractivity contribution < 1.29 is 17.9 Å². The summed E-state index contributed by atoms with van der Waals surface area (Å²) < 4.78 is 29.6. The summed E-state index contributed by atoms with van der Waals surface area (Å²) in [5.41, 5.74) is 7.52. The fraction of sp³-hybridized carbons (Fsp3) is 0.152. The molecule has 43 heavy (non-hydrogen) atoms. The van der Waals surface area contributed by atoms with Crippen LogP contribution in [0.3, 0.4) is 0 Å². The molecule has 0 unspecified atom stereocenters. The van der Waals surface area contributed by atoms with Crippen molar-refractivity contribution >= 4 is 27.7 Å². The highest BCUT2D eigenvalue weighted by molar-refractivity contribution is 7.89. The summed E-state index contributed by atoms with van der Waals surface area (Å²) in [7, 11) is -3.83. The Hall–Kier alpha value is -4.61. The molecule has 0 fully saturated rings. The average Bonchev–Trinajstić information content (AvgIpc) is 3.51. The van der Waals surface area contributed by atoms with Gasteiger partial charge >= 0.3 is 0 Å². The molecule has 1 aliphatic rings. The predicted octanol–water partition coefficient (Wildman–Crippen LogP) is 4.45. The van der Waals surface area contributed by atoms with Crippen LogP contribution in [0, 0.1) is 0 Å². The summed E-state index contributed by atoms with van der Waals surface area (Å²) in [5.74, 6) is -0.350. The number of primary sulfonamides is 1. The number of benzene rings is 4. The third kappa shape index (κ3) is 8.02. The van der Waals surface area contributed by atoms with Crippen LogP contribution in [0.4, 0.5) is 0 Å². The molecular weight excluding hydrogens is 562 g/mol. The van der Waals surface area contributed by atoms with Gasteiger partial charge in [0.15, 0.2) is 0 Å². The molecule has 0 aliphatic carbocycles. The maximum atomic E-state index is 12.7. The van der Waals surface area contributed by atoms with Crippen LogP contribution >= 0.6 is 0 Å². The standard InChI is InChI=1S/C33H33N5O4S/c34-43(40,41)30-20-18-28(19-21-30)33(39)35-23-29-24-36-38(37-29)31(26-14-6-2-7-15-26)32(27-16-8-3-9-17-27)42-22-10-13-25-11-4-1-5-12-25/h1-21,31-32,36H,22-24H2,(H,35,39)(H2,34,40,41)/t31-,32-/m0/s1. The molecule has 0 aromatic heterocycles. The lowest BCUT2D eigenvalue weighted by Gasteiger charge is -2.33. The van der Waals surface area contributed by atoms with Crippen molar-refractivity contribution in [2.45, 2.75) is 17.0 Å². The Morgan fingerprint density at radius 1 is 0.907 bits per heavy atom. The number of ether oxygens (including phenoxy) is 1. The Labute approximate surface area is 251 Å².